The molecule has 3 fully saturated rings. The smallest absolute Gasteiger partial charge is 0.232 e. The molecule has 1 aromatic heterocycles. The van der Waals surface area contributed by atoms with E-state index in [4.69, 9.17) is 22.2 Å². The van der Waals surface area contributed by atoms with Gasteiger partial charge in [0.15, 0.2) is 5.11 Å². The first-order chi connectivity index (χ1) is 14.2. The number of aromatic nitrogens is 2. The molecular weight excluding hydrogens is 380 g/mol. The molecule has 2 saturated heterocycles. The lowest BCUT2D eigenvalue weighted by molar-refractivity contribution is 0.481. The van der Waals surface area contributed by atoms with Crippen molar-refractivity contribution in [2.24, 2.45) is 0 Å². The maximum atomic E-state index is 5.59. The molecule has 2 N–H and O–H groups in total. The number of hydrogen-bond acceptors (Lipinski definition) is 5. The van der Waals surface area contributed by atoms with Crippen LogP contribution < -0.4 is 20.4 Å². The molecule has 29 heavy (non-hydrogen) atoms. The summed E-state index contributed by atoms with van der Waals surface area (Å²) >= 11 is 5.59. The molecule has 0 aromatic carbocycles. The van der Waals surface area contributed by atoms with E-state index in [0.717, 1.165) is 31.3 Å². The maximum absolute atomic E-state index is 5.59. The van der Waals surface area contributed by atoms with Gasteiger partial charge in [0.05, 0.1) is 0 Å². The summed E-state index contributed by atoms with van der Waals surface area (Å²) in [7, 11) is 0. The summed E-state index contributed by atoms with van der Waals surface area (Å²) in [5.41, 5.74) is 0. The minimum atomic E-state index is 0.491. The highest BCUT2D eigenvalue weighted by molar-refractivity contribution is 7.80. The second kappa shape index (κ2) is 9.92. The van der Waals surface area contributed by atoms with Gasteiger partial charge in [-0.3, -0.25) is 0 Å². The first-order valence-corrected chi connectivity index (χ1v) is 12.1. The molecule has 0 bridgehead atoms. The van der Waals surface area contributed by atoms with Crippen LogP contribution >= 0.6 is 12.2 Å². The van der Waals surface area contributed by atoms with E-state index >= 15 is 0 Å². The van der Waals surface area contributed by atoms with Crippen molar-refractivity contribution in [3.63, 3.8) is 0 Å². The fraction of sp³-hybridized carbons (Fsp3) is 0.773. The molecule has 7 heteroatoms. The molecule has 1 atom stereocenters. The molecule has 3 heterocycles. The van der Waals surface area contributed by atoms with Crippen LogP contribution in [0.25, 0.3) is 0 Å². The highest BCUT2D eigenvalue weighted by Gasteiger charge is 2.23. The van der Waals surface area contributed by atoms with E-state index in [-0.39, 0.29) is 0 Å². The average molecular weight is 417 g/mol. The van der Waals surface area contributed by atoms with Crippen LogP contribution in [-0.4, -0.2) is 46.8 Å². The van der Waals surface area contributed by atoms with E-state index in [9.17, 15) is 0 Å². The number of piperidine rings is 1. The van der Waals surface area contributed by atoms with E-state index in [1.165, 1.54) is 70.6 Å². The molecular formula is C22H36N6S. The Hall–Kier alpha value is -1.63. The molecule has 1 aromatic rings. The van der Waals surface area contributed by atoms with Gasteiger partial charge in [-0.2, -0.15) is 9.97 Å². The van der Waals surface area contributed by atoms with Gasteiger partial charge in [0.1, 0.15) is 11.6 Å². The molecule has 1 saturated carbocycles. The van der Waals surface area contributed by atoms with E-state index in [1.807, 2.05) is 0 Å². The predicted molar refractivity (Wildman–Crippen MR) is 125 cm³/mol. The van der Waals surface area contributed by atoms with Gasteiger partial charge < -0.3 is 20.4 Å². The fourth-order valence-corrected chi connectivity index (χ4v) is 5.18. The third-order valence-electron chi connectivity index (χ3n) is 6.64. The molecule has 1 unspecified atom stereocenters. The predicted octanol–water partition coefficient (Wildman–Crippen LogP) is 4.46. The first-order valence-electron chi connectivity index (χ1n) is 11.7. The quantitative estimate of drug-likeness (QED) is 0.703. The van der Waals surface area contributed by atoms with Crippen molar-refractivity contribution in [2.75, 3.05) is 34.8 Å². The molecule has 2 aliphatic heterocycles. The number of thiocarbonyl (C=S) groups is 1. The van der Waals surface area contributed by atoms with Crippen LogP contribution in [0.2, 0.25) is 0 Å². The third kappa shape index (κ3) is 5.50. The van der Waals surface area contributed by atoms with Gasteiger partial charge in [0.25, 0.3) is 0 Å². The summed E-state index contributed by atoms with van der Waals surface area (Å²) in [4.78, 5) is 14.7. The minimum absolute atomic E-state index is 0.491. The molecule has 3 aliphatic rings. The van der Waals surface area contributed by atoms with Crippen molar-refractivity contribution < 1.29 is 0 Å². The zero-order valence-corrected chi connectivity index (χ0v) is 18.6. The van der Waals surface area contributed by atoms with E-state index < -0.39 is 0 Å². The summed E-state index contributed by atoms with van der Waals surface area (Å²) in [6.07, 6.45) is 13.9. The summed E-state index contributed by atoms with van der Waals surface area (Å²) in [6, 6.07) is 3.21. The SMILES string of the molecule is CC1CCCCN1c1cc(N2CCCCCC2)nc(NC(=S)NC2CCCC2)n1. The minimum Gasteiger partial charge on any atom is -0.360 e. The largest absolute Gasteiger partial charge is 0.360 e. The second-order valence-corrected chi connectivity index (χ2v) is 9.34. The molecule has 160 valence electrons. The molecule has 1 aliphatic carbocycles. The van der Waals surface area contributed by atoms with Gasteiger partial charge >= 0.3 is 0 Å². The van der Waals surface area contributed by atoms with E-state index in [2.05, 4.69) is 33.4 Å². The van der Waals surface area contributed by atoms with Gasteiger partial charge in [-0.25, -0.2) is 0 Å². The summed E-state index contributed by atoms with van der Waals surface area (Å²) in [6.45, 7) is 5.54. The van der Waals surface area contributed by atoms with Crippen molar-refractivity contribution in [3.8, 4) is 0 Å². The lowest BCUT2D eigenvalue weighted by Gasteiger charge is -2.35. The number of hydrogen-bond donors (Lipinski definition) is 2. The van der Waals surface area contributed by atoms with Crippen LogP contribution in [0, 0.1) is 0 Å². The number of anilines is 3. The van der Waals surface area contributed by atoms with Crippen LogP contribution in [0.5, 0.6) is 0 Å². The first kappa shape index (κ1) is 20.6. The number of rotatable bonds is 4. The Bertz CT molecular complexity index is 682. The summed E-state index contributed by atoms with van der Waals surface area (Å²) < 4.78 is 0. The monoisotopic (exact) mass is 416 g/mol. The van der Waals surface area contributed by atoms with Gasteiger partial charge in [0.2, 0.25) is 5.95 Å². The van der Waals surface area contributed by atoms with Crippen molar-refractivity contribution in [1.29, 1.82) is 0 Å². The van der Waals surface area contributed by atoms with Gasteiger partial charge in [-0.1, -0.05) is 25.7 Å². The second-order valence-electron chi connectivity index (χ2n) is 8.93. The Kier molecular flexibility index (Phi) is 7.06. The van der Waals surface area contributed by atoms with Gasteiger partial charge in [0, 0.05) is 37.8 Å². The summed E-state index contributed by atoms with van der Waals surface area (Å²) in [5.74, 6) is 2.72. The number of nitrogens with zero attached hydrogens (tertiary/aromatic N) is 4. The Morgan fingerprint density at radius 1 is 0.897 bits per heavy atom. The third-order valence-corrected chi connectivity index (χ3v) is 6.86. The Morgan fingerprint density at radius 2 is 1.55 bits per heavy atom. The lowest BCUT2D eigenvalue weighted by atomic mass is 10.0. The molecule has 0 radical (unpaired) electrons. The van der Waals surface area contributed by atoms with Crippen LogP contribution in [-0.2, 0) is 0 Å². The topological polar surface area (TPSA) is 56.3 Å². The van der Waals surface area contributed by atoms with Crippen LogP contribution in [0.4, 0.5) is 17.6 Å². The van der Waals surface area contributed by atoms with Crippen molar-refractivity contribution in [1.82, 2.24) is 15.3 Å². The normalized spacial score (nSPS) is 23.7. The van der Waals surface area contributed by atoms with E-state index in [1.54, 1.807) is 0 Å². The van der Waals surface area contributed by atoms with Crippen molar-refractivity contribution >= 4 is 34.9 Å². The zero-order chi connectivity index (χ0) is 20.1. The molecule has 0 spiro atoms. The molecule has 4 rings (SSSR count). The maximum Gasteiger partial charge on any atom is 0.232 e. The van der Waals surface area contributed by atoms with Gasteiger partial charge in [-0.15, -0.1) is 0 Å². The van der Waals surface area contributed by atoms with E-state index in [0.29, 0.717) is 23.1 Å². The average Bonchev–Trinajstić information content (AvgIpc) is 3.07. The van der Waals surface area contributed by atoms with Crippen LogP contribution in [0.15, 0.2) is 6.07 Å². The molecule has 6 nitrogen and oxygen atoms in total. The van der Waals surface area contributed by atoms with Crippen LogP contribution in [0.3, 0.4) is 0 Å². The van der Waals surface area contributed by atoms with Gasteiger partial charge in [-0.05, 0) is 64.1 Å². The van der Waals surface area contributed by atoms with Crippen LogP contribution in [0.1, 0.15) is 77.6 Å². The zero-order valence-electron chi connectivity index (χ0n) is 17.8. The highest BCUT2D eigenvalue weighted by atomic mass is 32.1. The standard InChI is InChI=1S/C22H36N6S/c1-17-10-6-9-15-28(17)20-16-19(27-13-7-2-3-8-14-27)24-21(25-20)26-22(29)23-18-11-4-5-12-18/h16-18H,2-15H2,1H3,(H2,23,24,25,26,29). The molecule has 0 amide bonds. The Labute approximate surface area is 180 Å². The van der Waals surface area contributed by atoms with Crippen molar-refractivity contribution in [3.05, 3.63) is 6.07 Å². The Morgan fingerprint density at radius 3 is 2.28 bits per heavy atom. The highest BCUT2D eigenvalue weighted by Crippen LogP contribution is 2.28. The number of nitrogens with one attached hydrogen (secondary N) is 2. The summed E-state index contributed by atoms with van der Waals surface area (Å²) in [5, 5.41) is 7.42. The fourth-order valence-electron chi connectivity index (χ4n) is 4.92. The lowest BCUT2D eigenvalue weighted by Crippen LogP contribution is -2.39. The van der Waals surface area contributed by atoms with Crippen molar-refractivity contribution in [2.45, 2.75) is 89.6 Å². The Balaban J connectivity index is 1.55.